The summed E-state index contributed by atoms with van der Waals surface area (Å²) in [5, 5.41) is 0. The van der Waals surface area contributed by atoms with E-state index >= 15 is 0 Å². The molecule has 11 rings (SSSR count). The minimum atomic E-state index is -0.0726. The van der Waals surface area contributed by atoms with E-state index in [0.717, 1.165) is 28.4 Å². The van der Waals surface area contributed by atoms with Gasteiger partial charge < -0.3 is 14.7 Å². The average Bonchev–Trinajstić information content (AvgIpc) is 3.38. The van der Waals surface area contributed by atoms with E-state index in [4.69, 9.17) is 0 Å². The molecule has 0 atom stereocenters. The normalized spacial score (nSPS) is 13.3. The van der Waals surface area contributed by atoms with Gasteiger partial charge in [-0.2, -0.15) is 0 Å². The van der Waals surface area contributed by atoms with Gasteiger partial charge >= 0.3 is 0 Å². The van der Waals surface area contributed by atoms with Gasteiger partial charge in [-0.15, -0.1) is 0 Å². The van der Waals surface area contributed by atoms with Gasteiger partial charge in [0.2, 0.25) is 0 Å². The van der Waals surface area contributed by atoms with Crippen LogP contribution >= 0.6 is 0 Å². The lowest BCUT2D eigenvalue weighted by molar-refractivity contribution is 0.589. The highest BCUT2D eigenvalue weighted by molar-refractivity contribution is 7.00. The number of benzene rings is 9. The number of anilines is 9. The second-order valence-electron chi connectivity index (χ2n) is 24.8. The smallest absolute Gasteiger partial charge is 0.252 e. The van der Waals surface area contributed by atoms with Gasteiger partial charge in [0.1, 0.15) is 0 Å². The van der Waals surface area contributed by atoms with E-state index in [9.17, 15) is 0 Å². The first-order chi connectivity index (χ1) is 35.2. The van der Waals surface area contributed by atoms with Crippen LogP contribution in [0.2, 0.25) is 0 Å². The van der Waals surface area contributed by atoms with E-state index in [-0.39, 0.29) is 28.4 Å². The van der Waals surface area contributed by atoms with Crippen molar-refractivity contribution >= 4 is 74.3 Å². The van der Waals surface area contributed by atoms with Gasteiger partial charge in [0.25, 0.3) is 6.71 Å². The molecule has 0 aliphatic carbocycles. The molecule has 3 nitrogen and oxygen atoms in total. The summed E-state index contributed by atoms with van der Waals surface area (Å²) in [6.45, 7) is 27.9. The van der Waals surface area contributed by atoms with E-state index in [1.54, 1.807) is 0 Å². The molecule has 4 heteroatoms. The van der Waals surface area contributed by atoms with Gasteiger partial charge in [-0.3, -0.25) is 0 Å². The summed E-state index contributed by atoms with van der Waals surface area (Å²) in [7, 11) is 0. The van der Waals surface area contributed by atoms with E-state index in [1.165, 1.54) is 83.6 Å². The van der Waals surface area contributed by atoms with Crippen LogP contribution < -0.4 is 31.1 Å². The maximum Gasteiger partial charge on any atom is 0.252 e. The molecule has 0 saturated heterocycles. The van der Waals surface area contributed by atoms with Crippen LogP contribution in [0, 0.1) is 0 Å². The van der Waals surface area contributed by atoms with Gasteiger partial charge in [-0.05, 0) is 155 Å². The minimum Gasteiger partial charge on any atom is -0.311 e. The van der Waals surface area contributed by atoms with Crippen molar-refractivity contribution in [3.63, 3.8) is 0 Å². The molecular formula is C70H70BN3. The van der Waals surface area contributed by atoms with Crippen LogP contribution in [0.1, 0.15) is 105 Å². The van der Waals surface area contributed by atoms with Crippen molar-refractivity contribution in [1.29, 1.82) is 0 Å². The molecule has 0 aromatic heterocycles. The Morgan fingerprint density at radius 3 is 1.01 bits per heavy atom. The maximum absolute atomic E-state index is 2.60. The molecular weight excluding hydrogens is 894 g/mol. The summed E-state index contributed by atoms with van der Waals surface area (Å²) >= 11 is 0. The molecule has 9 aromatic carbocycles. The molecule has 0 bridgehead atoms. The van der Waals surface area contributed by atoms with Crippen molar-refractivity contribution in [2.75, 3.05) is 14.7 Å². The molecule has 2 aliphatic heterocycles. The van der Waals surface area contributed by atoms with E-state index < -0.39 is 0 Å². The molecule has 368 valence electrons. The summed E-state index contributed by atoms with van der Waals surface area (Å²) < 4.78 is 0. The Labute approximate surface area is 442 Å². The van der Waals surface area contributed by atoms with Gasteiger partial charge in [0.15, 0.2) is 0 Å². The molecule has 0 amide bonds. The number of fused-ring (bicyclic) bond motifs is 4. The fraction of sp³-hybridized carbons (Fsp3) is 0.229. The van der Waals surface area contributed by atoms with E-state index in [0.29, 0.717) is 0 Å². The largest absolute Gasteiger partial charge is 0.311 e. The number of nitrogens with zero attached hydrogens (tertiary/aromatic N) is 3. The maximum atomic E-state index is 2.60. The fourth-order valence-corrected chi connectivity index (χ4v) is 11.1. The molecule has 9 aromatic rings. The molecule has 0 N–H and O–H groups in total. The van der Waals surface area contributed by atoms with Crippen LogP contribution in [0.5, 0.6) is 0 Å². The standard InChI is InChI=1S/C70H70BN3/c1-67(2,3)51-25-19-27-57(41-51)73-62-43-53(69(7,8)9)33-39-60(62)71-61-40-34-54(70(10,11)12)44-63(61)74(58-28-20-26-52(42-58)68(4,5)6)65-46-59(45-64(73)66(65)71)72(55-35-29-49(30-36-55)47-21-15-13-16-22-47)56-37-31-50(32-38-56)48-23-17-14-18-24-48/h13-46H,1-12H3. The Kier molecular flexibility index (Phi) is 11.9. The molecule has 0 fully saturated rings. The number of hydrogen-bond donors (Lipinski definition) is 0. The Balaban J connectivity index is 1.26. The lowest BCUT2D eigenvalue weighted by atomic mass is 9.33. The van der Waals surface area contributed by atoms with Crippen LogP contribution in [0.4, 0.5) is 51.2 Å². The third kappa shape index (κ3) is 8.93. The van der Waals surface area contributed by atoms with Gasteiger partial charge in [0, 0.05) is 45.5 Å². The van der Waals surface area contributed by atoms with Crippen molar-refractivity contribution in [1.82, 2.24) is 0 Å². The summed E-state index contributed by atoms with van der Waals surface area (Å²) in [5.74, 6) is 0. The Morgan fingerprint density at radius 2 is 0.649 bits per heavy atom. The zero-order chi connectivity index (χ0) is 51.9. The summed E-state index contributed by atoms with van der Waals surface area (Å²) in [5.41, 5.74) is 24.1. The highest BCUT2D eigenvalue weighted by atomic mass is 15.2. The second kappa shape index (κ2) is 18.1. The van der Waals surface area contributed by atoms with Crippen molar-refractivity contribution in [2.24, 2.45) is 0 Å². The number of hydrogen-bond acceptors (Lipinski definition) is 3. The van der Waals surface area contributed by atoms with Crippen LogP contribution in [-0.4, -0.2) is 6.71 Å². The average molecular weight is 964 g/mol. The van der Waals surface area contributed by atoms with Crippen LogP contribution in [0.15, 0.2) is 206 Å². The first-order valence-electron chi connectivity index (χ1n) is 26.6. The molecule has 0 saturated carbocycles. The van der Waals surface area contributed by atoms with E-state index in [2.05, 4.69) is 304 Å². The Morgan fingerprint density at radius 1 is 0.297 bits per heavy atom. The lowest BCUT2D eigenvalue weighted by Crippen LogP contribution is -2.61. The quantitative estimate of drug-likeness (QED) is 0.147. The Hall–Kier alpha value is -7.56. The molecule has 0 radical (unpaired) electrons. The van der Waals surface area contributed by atoms with Gasteiger partial charge in [-0.25, -0.2) is 0 Å². The summed E-state index contributed by atoms with van der Waals surface area (Å²) in [6, 6.07) is 78.0. The summed E-state index contributed by atoms with van der Waals surface area (Å²) in [4.78, 5) is 7.68. The van der Waals surface area contributed by atoms with Crippen LogP contribution in [0.25, 0.3) is 22.3 Å². The molecule has 0 unspecified atom stereocenters. The highest BCUT2D eigenvalue weighted by Crippen LogP contribution is 2.50. The van der Waals surface area contributed by atoms with Gasteiger partial charge in [0.05, 0.1) is 5.69 Å². The zero-order valence-electron chi connectivity index (χ0n) is 45.5. The Bertz CT molecular complexity index is 3300. The first-order valence-corrected chi connectivity index (χ1v) is 26.6. The number of rotatable bonds is 7. The van der Waals surface area contributed by atoms with Crippen molar-refractivity contribution in [3.05, 3.63) is 229 Å². The summed E-state index contributed by atoms with van der Waals surface area (Å²) in [6.07, 6.45) is 0. The first kappa shape index (κ1) is 48.7. The molecule has 2 aliphatic rings. The minimum absolute atomic E-state index is 0.0325. The third-order valence-corrected chi connectivity index (χ3v) is 15.5. The molecule has 2 heterocycles. The van der Waals surface area contributed by atoms with Crippen molar-refractivity contribution in [3.8, 4) is 22.3 Å². The van der Waals surface area contributed by atoms with Crippen LogP contribution in [0.3, 0.4) is 0 Å². The van der Waals surface area contributed by atoms with Gasteiger partial charge in [-0.1, -0.05) is 217 Å². The SMILES string of the molecule is CC(C)(C)c1cccc(N2c3cc(C(C)(C)C)ccc3B3c4ccc(C(C)(C)C)cc4N(c4cccc(C(C)(C)C)c4)c4cc(N(c5ccc(-c6ccccc6)cc5)c5ccc(-c6ccccc6)cc5)cc2c43)c1. The monoisotopic (exact) mass is 964 g/mol. The predicted octanol–water partition coefficient (Wildman–Crippen LogP) is 17.8. The second-order valence-corrected chi connectivity index (χ2v) is 24.8. The van der Waals surface area contributed by atoms with Crippen molar-refractivity contribution < 1.29 is 0 Å². The zero-order valence-corrected chi connectivity index (χ0v) is 45.5. The van der Waals surface area contributed by atoms with Crippen molar-refractivity contribution in [2.45, 2.75) is 105 Å². The molecule has 0 spiro atoms. The van der Waals surface area contributed by atoms with E-state index in [1.807, 2.05) is 0 Å². The highest BCUT2D eigenvalue weighted by Gasteiger charge is 2.45. The third-order valence-electron chi connectivity index (χ3n) is 15.5. The fourth-order valence-electron chi connectivity index (χ4n) is 11.1. The van der Waals surface area contributed by atoms with Crippen LogP contribution in [-0.2, 0) is 21.7 Å². The topological polar surface area (TPSA) is 9.72 Å². The molecule has 74 heavy (non-hydrogen) atoms. The lowest BCUT2D eigenvalue weighted by Gasteiger charge is -2.46. The predicted molar refractivity (Wildman–Crippen MR) is 321 cm³/mol.